The molecule has 0 aliphatic carbocycles. The van der Waals surface area contributed by atoms with Gasteiger partial charge in [-0.05, 0) is 19.3 Å². The van der Waals surface area contributed by atoms with Crippen LogP contribution in [0.1, 0.15) is 116 Å². The van der Waals surface area contributed by atoms with Gasteiger partial charge < -0.3 is 15.4 Å². The standard InChI is InChI=1S/C26H47N5O3/c1-4-5-6-7-8-11-14-17-21(32)18-15-12-9-10-13-16-19-22(27)31-25(33)23-24(28-20-29(23)2)30(3)26(31)34/h20-22,32H,4-19,27H2,1-3H3. The maximum Gasteiger partial charge on any atom is 0.333 e. The third kappa shape index (κ3) is 8.38. The summed E-state index contributed by atoms with van der Waals surface area (Å²) in [5.41, 5.74) is 6.23. The van der Waals surface area contributed by atoms with Crippen molar-refractivity contribution in [1.82, 2.24) is 18.7 Å². The highest BCUT2D eigenvalue weighted by Gasteiger charge is 2.18. The summed E-state index contributed by atoms with van der Waals surface area (Å²) in [6.07, 6.45) is 18.6. The van der Waals surface area contributed by atoms with Gasteiger partial charge in [-0.15, -0.1) is 0 Å². The molecular formula is C26H47N5O3. The molecule has 8 heteroatoms. The van der Waals surface area contributed by atoms with Crippen molar-refractivity contribution in [3.63, 3.8) is 0 Å². The van der Waals surface area contributed by atoms with Crippen LogP contribution in [0.25, 0.3) is 11.2 Å². The van der Waals surface area contributed by atoms with E-state index in [1.54, 1.807) is 18.7 Å². The largest absolute Gasteiger partial charge is 0.393 e. The Balaban J connectivity index is 1.58. The fraction of sp³-hybridized carbons (Fsp3) is 0.808. The first-order chi connectivity index (χ1) is 16.4. The number of hydrogen-bond donors (Lipinski definition) is 2. The highest BCUT2D eigenvalue weighted by atomic mass is 16.3. The summed E-state index contributed by atoms with van der Waals surface area (Å²) < 4.78 is 4.18. The summed E-state index contributed by atoms with van der Waals surface area (Å²) in [6, 6.07) is 0. The van der Waals surface area contributed by atoms with E-state index in [0.717, 1.165) is 62.4 Å². The topological polar surface area (TPSA) is 108 Å². The van der Waals surface area contributed by atoms with Gasteiger partial charge in [0.2, 0.25) is 0 Å². The molecular weight excluding hydrogens is 430 g/mol. The summed E-state index contributed by atoms with van der Waals surface area (Å²) in [7, 11) is 3.36. The summed E-state index contributed by atoms with van der Waals surface area (Å²) in [4.78, 5) is 29.6. The van der Waals surface area contributed by atoms with Gasteiger partial charge in [0.15, 0.2) is 11.2 Å². The second-order valence-electron chi connectivity index (χ2n) is 9.87. The lowest BCUT2D eigenvalue weighted by molar-refractivity contribution is 0.147. The highest BCUT2D eigenvalue weighted by molar-refractivity contribution is 5.69. The molecule has 0 amide bonds. The molecule has 0 radical (unpaired) electrons. The first-order valence-corrected chi connectivity index (χ1v) is 13.4. The van der Waals surface area contributed by atoms with Crippen LogP contribution in [0, 0.1) is 0 Å². The number of nitrogens with two attached hydrogens (primary N) is 1. The zero-order chi connectivity index (χ0) is 24.9. The number of imidazole rings is 1. The minimum Gasteiger partial charge on any atom is -0.393 e. The van der Waals surface area contributed by atoms with Crippen molar-refractivity contribution in [3.05, 3.63) is 27.2 Å². The van der Waals surface area contributed by atoms with Crippen molar-refractivity contribution in [1.29, 1.82) is 0 Å². The average molecular weight is 478 g/mol. The third-order valence-electron chi connectivity index (χ3n) is 6.91. The molecule has 0 aliphatic heterocycles. The Morgan fingerprint density at radius 1 is 0.853 bits per heavy atom. The molecule has 0 spiro atoms. The van der Waals surface area contributed by atoms with Gasteiger partial charge in [0.25, 0.3) is 5.56 Å². The first-order valence-electron chi connectivity index (χ1n) is 13.4. The predicted octanol–water partition coefficient (Wildman–Crippen LogP) is 4.51. The fourth-order valence-corrected chi connectivity index (χ4v) is 4.71. The maximum atomic E-state index is 12.8. The minimum atomic E-state index is -0.632. The van der Waals surface area contributed by atoms with E-state index in [-0.39, 0.29) is 11.7 Å². The number of nitrogens with zero attached hydrogens (tertiary/aromatic N) is 4. The number of fused-ring (bicyclic) bond motifs is 1. The van der Waals surface area contributed by atoms with E-state index in [2.05, 4.69) is 11.9 Å². The van der Waals surface area contributed by atoms with E-state index in [9.17, 15) is 14.7 Å². The molecule has 0 fully saturated rings. The molecule has 0 aromatic carbocycles. The van der Waals surface area contributed by atoms with Crippen LogP contribution in [0.15, 0.2) is 15.9 Å². The van der Waals surface area contributed by atoms with Crippen molar-refractivity contribution in [2.24, 2.45) is 19.8 Å². The molecule has 2 aromatic rings. The van der Waals surface area contributed by atoms with Gasteiger partial charge in [-0.2, -0.15) is 0 Å². The van der Waals surface area contributed by atoms with Crippen molar-refractivity contribution in [3.8, 4) is 0 Å². The lowest BCUT2D eigenvalue weighted by Gasteiger charge is -2.16. The number of aromatic nitrogens is 4. The van der Waals surface area contributed by atoms with Crippen LogP contribution in [0.2, 0.25) is 0 Å². The number of aliphatic hydroxyl groups is 1. The molecule has 2 unspecified atom stereocenters. The van der Waals surface area contributed by atoms with Gasteiger partial charge in [0.1, 0.15) is 0 Å². The van der Waals surface area contributed by atoms with Gasteiger partial charge in [-0.1, -0.05) is 90.4 Å². The Hall–Kier alpha value is -1.93. The van der Waals surface area contributed by atoms with E-state index in [4.69, 9.17) is 5.73 Å². The van der Waals surface area contributed by atoms with Gasteiger partial charge >= 0.3 is 5.69 Å². The van der Waals surface area contributed by atoms with Crippen LogP contribution in [-0.2, 0) is 14.1 Å². The number of rotatable bonds is 18. The van der Waals surface area contributed by atoms with Crippen LogP contribution in [0.5, 0.6) is 0 Å². The molecule has 2 aromatic heterocycles. The molecule has 2 rings (SSSR count). The average Bonchev–Trinajstić information content (AvgIpc) is 3.20. The molecule has 0 saturated carbocycles. The Morgan fingerprint density at radius 2 is 1.35 bits per heavy atom. The smallest absolute Gasteiger partial charge is 0.333 e. The Bertz CT molecular complexity index is 962. The number of aliphatic hydroxyl groups excluding tert-OH is 1. The minimum absolute atomic E-state index is 0.147. The van der Waals surface area contributed by atoms with Crippen LogP contribution in [0.3, 0.4) is 0 Å². The lowest BCUT2D eigenvalue weighted by atomic mass is 10.0. The fourth-order valence-electron chi connectivity index (χ4n) is 4.71. The summed E-state index contributed by atoms with van der Waals surface area (Å²) >= 11 is 0. The molecule has 2 heterocycles. The molecule has 0 bridgehead atoms. The van der Waals surface area contributed by atoms with Crippen LogP contribution >= 0.6 is 0 Å². The van der Waals surface area contributed by atoms with Crippen molar-refractivity contribution < 1.29 is 5.11 Å². The lowest BCUT2D eigenvalue weighted by Crippen LogP contribution is -2.44. The number of aryl methyl sites for hydroxylation is 2. The van der Waals surface area contributed by atoms with Gasteiger partial charge in [0, 0.05) is 14.1 Å². The van der Waals surface area contributed by atoms with Crippen LogP contribution < -0.4 is 17.0 Å². The molecule has 3 N–H and O–H groups in total. The van der Waals surface area contributed by atoms with Gasteiger partial charge in [0.05, 0.1) is 18.6 Å². The van der Waals surface area contributed by atoms with Crippen LogP contribution in [0.4, 0.5) is 0 Å². The predicted molar refractivity (Wildman–Crippen MR) is 139 cm³/mol. The highest BCUT2D eigenvalue weighted by Crippen LogP contribution is 2.16. The maximum absolute atomic E-state index is 12.8. The zero-order valence-corrected chi connectivity index (χ0v) is 21.7. The summed E-state index contributed by atoms with van der Waals surface area (Å²) in [5.74, 6) is 0. The van der Waals surface area contributed by atoms with E-state index >= 15 is 0 Å². The molecule has 34 heavy (non-hydrogen) atoms. The van der Waals surface area contributed by atoms with E-state index in [0.29, 0.717) is 17.6 Å². The van der Waals surface area contributed by atoms with Gasteiger partial charge in [-0.25, -0.2) is 14.3 Å². The second kappa shape index (κ2) is 15.1. The molecule has 2 atom stereocenters. The number of unbranched alkanes of at least 4 members (excludes halogenated alkanes) is 11. The quantitative estimate of drug-likeness (QED) is 0.307. The molecule has 0 aliphatic rings. The van der Waals surface area contributed by atoms with Crippen molar-refractivity contribution in [2.75, 3.05) is 0 Å². The number of hydrogen-bond acceptors (Lipinski definition) is 5. The van der Waals surface area contributed by atoms with Crippen molar-refractivity contribution in [2.45, 2.75) is 122 Å². The van der Waals surface area contributed by atoms with E-state index in [1.807, 2.05) is 0 Å². The molecule has 8 nitrogen and oxygen atoms in total. The summed E-state index contributed by atoms with van der Waals surface area (Å²) in [5, 5.41) is 10.2. The third-order valence-corrected chi connectivity index (χ3v) is 6.91. The van der Waals surface area contributed by atoms with Gasteiger partial charge in [-0.3, -0.25) is 9.36 Å². The second-order valence-corrected chi connectivity index (χ2v) is 9.87. The Labute approximate surface area is 204 Å². The SMILES string of the molecule is CCCCCCCCCC(O)CCCCCCCCC(N)n1c(=O)c2c(ncn2C)n(C)c1=O. The molecule has 0 saturated heterocycles. The summed E-state index contributed by atoms with van der Waals surface area (Å²) in [6.45, 7) is 2.24. The van der Waals surface area contributed by atoms with Crippen LogP contribution in [-0.4, -0.2) is 29.9 Å². The van der Waals surface area contributed by atoms with E-state index < -0.39 is 11.9 Å². The Kier molecular flexibility index (Phi) is 12.6. The normalized spacial score (nSPS) is 13.6. The molecule has 194 valence electrons. The van der Waals surface area contributed by atoms with Crippen molar-refractivity contribution >= 4 is 11.2 Å². The monoisotopic (exact) mass is 477 g/mol. The van der Waals surface area contributed by atoms with E-state index in [1.165, 1.54) is 49.4 Å². The zero-order valence-electron chi connectivity index (χ0n) is 21.7. The first kappa shape index (κ1) is 28.3. The Morgan fingerprint density at radius 3 is 1.91 bits per heavy atom.